The van der Waals surface area contributed by atoms with Gasteiger partial charge in [-0.15, -0.1) is 0 Å². The highest BCUT2D eigenvalue weighted by Crippen LogP contribution is 2.18. The molecule has 0 aliphatic carbocycles. The van der Waals surface area contributed by atoms with Crippen molar-refractivity contribution in [2.45, 2.75) is 44.7 Å². The number of aliphatic carboxylic acids is 1. The highest BCUT2D eigenvalue weighted by atomic mass is 16.4. The minimum Gasteiger partial charge on any atom is -0.481 e. The molecule has 0 saturated heterocycles. The van der Waals surface area contributed by atoms with Gasteiger partial charge >= 0.3 is 5.97 Å². The molecular weight excluding hydrogens is 272 g/mol. The minimum absolute atomic E-state index is 0.353. The maximum atomic E-state index is 11.7. The molecule has 0 spiro atoms. The summed E-state index contributed by atoms with van der Waals surface area (Å²) in [6, 6.07) is 0. The lowest BCUT2D eigenvalue weighted by Crippen LogP contribution is -2.49. The van der Waals surface area contributed by atoms with Gasteiger partial charge in [0.1, 0.15) is 24.4 Å². The molecule has 6 N–H and O–H groups in total. The molecule has 0 bridgehead atoms. The fourth-order valence-corrected chi connectivity index (χ4v) is 1.66. The molecule has 0 amide bonds. The lowest BCUT2D eigenvalue weighted by molar-refractivity contribution is -0.153. The summed E-state index contributed by atoms with van der Waals surface area (Å²) in [5.41, 5.74) is 0. The molecule has 20 heavy (non-hydrogen) atoms. The maximum absolute atomic E-state index is 11.7. The Labute approximate surface area is 116 Å². The predicted octanol–water partition coefficient (Wildman–Crippen LogP) is -2.26. The van der Waals surface area contributed by atoms with Crippen LogP contribution < -0.4 is 0 Å². The predicted molar refractivity (Wildman–Crippen MR) is 66.7 cm³/mol. The summed E-state index contributed by atoms with van der Waals surface area (Å²) >= 11 is 0. The number of carboxylic acids is 1. The number of Topliss-reactive ketones (excluding diaryl/α,β-unsaturated/α-hetero) is 1. The number of aliphatic hydroxyl groups is 5. The first-order valence-corrected chi connectivity index (χ1v) is 6.22. The molecule has 118 valence electrons. The van der Waals surface area contributed by atoms with E-state index >= 15 is 0 Å². The van der Waals surface area contributed by atoms with Crippen LogP contribution in [0.4, 0.5) is 0 Å². The van der Waals surface area contributed by atoms with Crippen molar-refractivity contribution in [1.82, 2.24) is 0 Å². The Kier molecular flexibility index (Phi) is 7.84. The third kappa shape index (κ3) is 5.14. The molecule has 0 rings (SSSR count). The Morgan fingerprint density at radius 3 is 1.85 bits per heavy atom. The van der Waals surface area contributed by atoms with Crippen molar-refractivity contribution in [1.29, 1.82) is 0 Å². The number of hydrogen-bond donors (Lipinski definition) is 6. The molecule has 0 aromatic heterocycles. The average molecular weight is 294 g/mol. The van der Waals surface area contributed by atoms with E-state index in [1.165, 1.54) is 0 Å². The zero-order chi connectivity index (χ0) is 16.0. The summed E-state index contributed by atoms with van der Waals surface area (Å²) in [6.07, 6.45) is -8.18. The molecular formula is C12H22O8. The van der Waals surface area contributed by atoms with Gasteiger partial charge < -0.3 is 30.6 Å². The molecule has 5 atom stereocenters. The van der Waals surface area contributed by atoms with Crippen molar-refractivity contribution in [3.8, 4) is 0 Å². The van der Waals surface area contributed by atoms with E-state index in [1.807, 2.05) is 0 Å². The number of carbonyl (C=O) groups is 2. The van der Waals surface area contributed by atoms with Crippen LogP contribution in [0, 0.1) is 11.8 Å². The Hall–Kier alpha value is -1.06. The van der Waals surface area contributed by atoms with Gasteiger partial charge in [-0.2, -0.15) is 0 Å². The van der Waals surface area contributed by atoms with E-state index in [4.69, 9.17) is 15.3 Å². The van der Waals surface area contributed by atoms with Crippen LogP contribution in [0.1, 0.15) is 20.3 Å². The van der Waals surface area contributed by atoms with E-state index in [-0.39, 0.29) is 5.92 Å². The molecule has 0 aliphatic rings. The molecule has 0 saturated carbocycles. The van der Waals surface area contributed by atoms with E-state index in [2.05, 4.69) is 0 Å². The van der Waals surface area contributed by atoms with Gasteiger partial charge in [0.2, 0.25) is 0 Å². The zero-order valence-corrected chi connectivity index (χ0v) is 11.4. The Bertz CT molecular complexity index is 329. The van der Waals surface area contributed by atoms with Gasteiger partial charge in [-0.1, -0.05) is 13.8 Å². The van der Waals surface area contributed by atoms with Crippen LogP contribution in [0.3, 0.4) is 0 Å². The lowest BCUT2D eigenvalue weighted by Gasteiger charge is -2.26. The van der Waals surface area contributed by atoms with Crippen LogP contribution in [-0.2, 0) is 9.59 Å². The second-order valence-electron chi connectivity index (χ2n) is 5.04. The quantitative estimate of drug-likeness (QED) is 0.278. The van der Waals surface area contributed by atoms with Crippen molar-refractivity contribution in [2.24, 2.45) is 11.8 Å². The monoisotopic (exact) mass is 294 g/mol. The normalized spacial score (nSPS) is 19.2. The van der Waals surface area contributed by atoms with E-state index < -0.39 is 55.1 Å². The first kappa shape index (κ1) is 18.9. The van der Waals surface area contributed by atoms with Crippen LogP contribution in [0.15, 0.2) is 0 Å². The number of rotatable bonds is 9. The summed E-state index contributed by atoms with van der Waals surface area (Å²) < 4.78 is 0. The molecule has 0 heterocycles. The molecule has 0 radical (unpaired) electrons. The second kappa shape index (κ2) is 8.28. The highest BCUT2D eigenvalue weighted by molar-refractivity contribution is 5.87. The molecule has 0 fully saturated rings. The third-order valence-electron chi connectivity index (χ3n) is 3.13. The van der Waals surface area contributed by atoms with Crippen LogP contribution in [-0.4, -0.2) is 73.4 Å². The molecule has 0 aromatic carbocycles. The van der Waals surface area contributed by atoms with E-state index in [9.17, 15) is 24.9 Å². The average Bonchev–Trinajstić information content (AvgIpc) is 2.39. The molecule has 8 heteroatoms. The van der Waals surface area contributed by atoms with Gasteiger partial charge in [0.05, 0.1) is 12.5 Å². The molecule has 0 aromatic rings. The van der Waals surface area contributed by atoms with Gasteiger partial charge in [0.25, 0.3) is 0 Å². The van der Waals surface area contributed by atoms with Crippen LogP contribution >= 0.6 is 0 Å². The summed E-state index contributed by atoms with van der Waals surface area (Å²) in [7, 11) is 0. The number of carboxylic acid groups (broad SMARTS) is 1. The van der Waals surface area contributed by atoms with Crippen molar-refractivity contribution >= 4 is 11.8 Å². The Balaban J connectivity index is 4.72. The fraction of sp³-hybridized carbons (Fsp3) is 0.833. The van der Waals surface area contributed by atoms with Crippen LogP contribution in [0.5, 0.6) is 0 Å². The molecule has 8 nitrogen and oxygen atoms in total. The number of aliphatic hydroxyl groups excluding tert-OH is 5. The fourth-order valence-electron chi connectivity index (χ4n) is 1.66. The maximum Gasteiger partial charge on any atom is 0.307 e. The van der Waals surface area contributed by atoms with Gasteiger partial charge in [0.15, 0.2) is 5.78 Å². The van der Waals surface area contributed by atoms with Gasteiger partial charge in [-0.05, 0) is 5.92 Å². The van der Waals surface area contributed by atoms with Gasteiger partial charge in [-0.25, -0.2) is 0 Å². The van der Waals surface area contributed by atoms with E-state index in [0.29, 0.717) is 0 Å². The first-order chi connectivity index (χ1) is 9.13. The largest absolute Gasteiger partial charge is 0.481 e. The summed E-state index contributed by atoms with van der Waals surface area (Å²) in [4.78, 5) is 22.6. The van der Waals surface area contributed by atoms with E-state index in [1.54, 1.807) is 13.8 Å². The highest BCUT2D eigenvalue weighted by Gasteiger charge is 2.36. The van der Waals surface area contributed by atoms with Crippen molar-refractivity contribution < 1.29 is 40.2 Å². The lowest BCUT2D eigenvalue weighted by atomic mass is 9.88. The topological polar surface area (TPSA) is 156 Å². The second-order valence-corrected chi connectivity index (χ2v) is 5.04. The van der Waals surface area contributed by atoms with E-state index in [0.717, 1.165) is 0 Å². The van der Waals surface area contributed by atoms with Gasteiger partial charge in [0, 0.05) is 6.42 Å². The molecule has 1 unspecified atom stereocenters. The smallest absolute Gasteiger partial charge is 0.307 e. The first-order valence-electron chi connectivity index (χ1n) is 6.22. The number of carbonyl (C=O) groups excluding carboxylic acids is 1. The van der Waals surface area contributed by atoms with Crippen molar-refractivity contribution in [3.63, 3.8) is 0 Å². The number of ketones is 1. The summed E-state index contributed by atoms with van der Waals surface area (Å²) in [5.74, 6) is -3.54. The Morgan fingerprint density at radius 2 is 1.50 bits per heavy atom. The summed E-state index contributed by atoms with van der Waals surface area (Å²) in [6.45, 7) is 2.33. The minimum atomic E-state index is -2.04. The van der Waals surface area contributed by atoms with Crippen molar-refractivity contribution in [2.75, 3.05) is 6.61 Å². The van der Waals surface area contributed by atoms with Crippen molar-refractivity contribution in [3.05, 3.63) is 0 Å². The SMILES string of the molecule is CC(C)C(CC(=O)[C@@H](O)[C@H](O)[C@@H](O)[C@@H](O)CO)C(=O)O. The standard InChI is InChI=1S/C12H22O8/c1-5(2)6(12(19)20)3-7(14)9(16)11(18)10(17)8(15)4-13/h5-6,8-11,13,15-18H,3-4H2,1-2H3,(H,19,20)/t6?,8-,9+,10-,11-/m0/s1. The summed E-state index contributed by atoms with van der Waals surface area (Å²) in [5, 5.41) is 55.1. The van der Waals surface area contributed by atoms with Crippen LogP contribution in [0.25, 0.3) is 0 Å². The van der Waals surface area contributed by atoms with Gasteiger partial charge in [-0.3, -0.25) is 9.59 Å². The third-order valence-corrected chi connectivity index (χ3v) is 3.13. The zero-order valence-electron chi connectivity index (χ0n) is 11.4. The molecule has 0 aliphatic heterocycles. The van der Waals surface area contributed by atoms with Crippen LogP contribution in [0.2, 0.25) is 0 Å². The Morgan fingerprint density at radius 1 is 1.00 bits per heavy atom. The number of hydrogen-bond acceptors (Lipinski definition) is 7.